The van der Waals surface area contributed by atoms with E-state index in [2.05, 4.69) is 25.2 Å². The molecule has 0 heterocycles. The summed E-state index contributed by atoms with van der Waals surface area (Å²) < 4.78 is 0. The van der Waals surface area contributed by atoms with Crippen molar-refractivity contribution >= 4 is 11.4 Å². The molecule has 0 aromatic heterocycles. The Hall–Kier alpha value is -1.73. The summed E-state index contributed by atoms with van der Waals surface area (Å²) in [5.41, 5.74) is 7.93. The summed E-state index contributed by atoms with van der Waals surface area (Å²) in [6, 6.07) is 7.72. The number of nitrogens with one attached hydrogen (secondary N) is 1. The highest BCUT2D eigenvalue weighted by Crippen LogP contribution is 2.40. The largest absolute Gasteiger partial charge is 0.398 e. The lowest BCUT2D eigenvalue weighted by atomic mass is 9.71. The number of nitriles is 1. The molecule has 0 atom stereocenters. The summed E-state index contributed by atoms with van der Waals surface area (Å²) in [5.74, 6) is 0. The Morgan fingerprint density at radius 3 is 2.57 bits per heavy atom. The summed E-state index contributed by atoms with van der Waals surface area (Å²) in [6.45, 7) is 5.06. The van der Waals surface area contributed by atoms with E-state index in [0.717, 1.165) is 36.9 Å². The molecule has 1 saturated carbocycles. The SMILES string of the molecule is CC1(C)CCC(O)(CNc2ccc(N)c(CC#N)c2)CC1. The van der Waals surface area contributed by atoms with Crippen molar-refractivity contribution in [3.63, 3.8) is 0 Å². The van der Waals surface area contributed by atoms with Gasteiger partial charge in [-0.15, -0.1) is 0 Å². The summed E-state index contributed by atoms with van der Waals surface area (Å²) in [7, 11) is 0. The van der Waals surface area contributed by atoms with Crippen molar-refractivity contribution in [2.45, 2.75) is 51.6 Å². The number of nitrogens with zero attached hydrogens (tertiary/aromatic N) is 1. The van der Waals surface area contributed by atoms with E-state index in [1.165, 1.54) is 0 Å². The van der Waals surface area contributed by atoms with Gasteiger partial charge in [-0.05, 0) is 54.9 Å². The summed E-state index contributed by atoms with van der Waals surface area (Å²) in [6.07, 6.45) is 4.05. The fourth-order valence-corrected chi connectivity index (χ4v) is 2.79. The van der Waals surface area contributed by atoms with Gasteiger partial charge in [-0.25, -0.2) is 0 Å². The molecule has 0 aliphatic heterocycles. The summed E-state index contributed by atoms with van der Waals surface area (Å²) in [4.78, 5) is 0. The van der Waals surface area contributed by atoms with E-state index < -0.39 is 5.60 Å². The van der Waals surface area contributed by atoms with E-state index in [1.807, 2.05) is 18.2 Å². The first-order valence-electron chi connectivity index (χ1n) is 7.55. The van der Waals surface area contributed by atoms with Crippen LogP contribution in [0.3, 0.4) is 0 Å². The number of aliphatic hydroxyl groups is 1. The molecule has 0 spiro atoms. The minimum Gasteiger partial charge on any atom is -0.398 e. The first-order chi connectivity index (χ1) is 9.84. The normalized spacial score (nSPS) is 19.7. The second kappa shape index (κ2) is 5.95. The van der Waals surface area contributed by atoms with Crippen LogP contribution >= 0.6 is 0 Å². The van der Waals surface area contributed by atoms with Crippen molar-refractivity contribution < 1.29 is 5.11 Å². The third kappa shape index (κ3) is 4.12. The molecule has 0 unspecified atom stereocenters. The highest BCUT2D eigenvalue weighted by molar-refractivity contribution is 5.58. The average molecular weight is 287 g/mol. The van der Waals surface area contributed by atoms with Crippen LogP contribution in [-0.2, 0) is 6.42 Å². The summed E-state index contributed by atoms with van der Waals surface area (Å²) in [5, 5.41) is 22.7. The number of nitrogen functional groups attached to an aromatic ring is 1. The van der Waals surface area contributed by atoms with Gasteiger partial charge in [0.05, 0.1) is 18.1 Å². The van der Waals surface area contributed by atoms with Gasteiger partial charge in [-0.3, -0.25) is 0 Å². The zero-order chi connectivity index (χ0) is 15.5. The van der Waals surface area contributed by atoms with Gasteiger partial charge in [0.25, 0.3) is 0 Å². The maximum Gasteiger partial charge on any atom is 0.0819 e. The van der Waals surface area contributed by atoms with Crippen molar-refractivity contribution in [2.75, 3.05) is 17.6 Å². The van der Waals surface area contributed by atoms with Crippen molar-refractivity contribution in [2.24, 2.45) is 5.41 Å². The van der Waals surface area contributed by atoms with Gasteiger partial charge in [0, 0.05) is 17.9 Å². The van der Waals surface area contributed by atoms with Crippen LogP contribution in [0.2, 0.25) is 0 Å². The molecule has 1 fully saturated rings. The Balaban J connectivity index is 1.97. The molecule has 1 aliphatic rings. The molecule has 4 heteroatoms. The lowest BCUT2D eigenvalue weighted by Crippen LogP contribution is -2.42. The predicted octanol–water partition coefficient (Wildman–Crippen LogP) is 3.08. The van der Waals surface area contributed by atoms with Crippen LogP contribution in [0.4, 0.5) is 11.4 Å². The monoisotopic (exact) mass is 287 g/mol. The third-order valence-corrected chi connectivity index (χ3v) is 4.57. The lowest BCUT2D eigenvalue weighted by Gasteiger charge is -2.40. The Morgan fingerprint density at radius 2 is 1.95 bits per heavy atom. The Bertz CT molecular complexity index is 535. The van der Waals surface area contributed by atoms with E-state index in [0.29, 0.717) is 24.1 Å². The van der Waals surface area contributed by atoms with Crippen LogP contribution in [0.1, 0.15) is 45.1 Å². The van der Waals surface area contributed by atoms with E-state index in [9.17, 15) is 5.11 Å². The van der Waals surface area contributed by atoms with Crippen LogP contribution in [-0.4, -0.2) is 17.3 Å². The second-order valence-electron chi connectivity index (χ2n) is 6.99. The van der Waals surface area contributed by atoms with Crippen LogP contribution in [0, 0.1) is 16.7 Å². The predicted molar refractivity (Wildman–Crippen MR) is 85.9 cm³/mol. The third-order valence-electron chi connectivity index (χ3n) is 4.57. The van der Waals surface area contributed by atoms with Gasteiger partial charge in [-0.1, -0.05) is 13.8 Å². The van der Waals surface area contributed by atoms with Gasteiger partial charge in [0.15, 0.2) is 0 Å². The van der Waals surface area contributed by atoms with Crippen molar-refractivity contribution in [3.05, 3.63) is 23.8 Å². The van der Waals surface area contributed by atoms with Crippen LogP contribution in [0.15, 0.2) is 18.2 Å². The Morgan fingerprint density at radius 1 is 1.29 bits per heavy atom. The lowest BCUT2D eigenvalue weighted by molar-refractivity contribution is -0.0145. The van der Waals surface area contributed by atoms with Crippen molar-refractivity contribution in [1.82, 2.24) is 0 Å². The number of rotatable bonds is 4. The fourth-order valence-electron chi connectivity index (χ4n) is 2.79. The Labute approximate surface area is 127 Å². The number of anilines is 2. The maximum absolute atomic E-state index is 10.7. The number of benzene rings is 1. The van der Waals surface area contributed by atoms with Crippen LogP contribution in [0.5, 0.6) is 0 Å². The molecule has 2 rings (SSSR count). The standard InChI is InChI=1S/C17H25N3O/c1-16(2)6-8-17(21,9-7-16)12-20-14-3-4-15(19)13(11-14)5-10-18/h3-4,11,20-21H,5-9,12,19H2,1-2H3. The second-order valence-corrected chi connectivity index (χ2v) is 6.99. The Kier molecular flexibility index (Phi) is 4.43. The first-order valence-corrected chi connectivity index (χ1v) is 7.55. The van der Waals surface area contributed by atoms with Gasteiger partial charge in [-0.2, -0.15) is 5.26 Å². The fraction of sp³-hybridized carbons (Fsp3) is 0.588. The molecule has 0 radical (unpaired) electrons. The first kappa shape index (κ1) is 15.7. The molecule has 4 nitrogen and oxygen atoms in total. The van der Waals surface area contributed by atoms with E-state index in [4.69, 9.17) is 11.0 Å². The molecule has 21 heavy (non-hydrogen) atoms. The minimum absolute atomic E-state index is 0.305. The smallest absolute Gasteiger partial charge is 0.0819 e. The van der Waals surface area contributed by atoms with Crippen molar-refractivity contribution in [1.29, 1.82) is 5.26 Å². The topological polar surface area (TPSA) is 82.1 Å². The zero-order valence-corrected chi connectivity index (χ0v) is 12.9. The molecule has 0 saturated heterocycles. The summed E-state index contributed by atoms with van der Waals surface area (Å²) >= 11 is 0. The molecule has 4 N–H and O–H groups in total. The molecule has 114 valence electrons. The molecule has 0 amide bonds. The van der Waals surface area contributed by atoms with Gasteiger partial charge in [0.1, 0.15) is 0 Å². The molecule has 0 bridgehead atoms. The molecular weight excluding hydrogens is 262 g/mol. The zero-order valence-electron chi connectivity index (χ0n) is 12.9. The van der Waals surface area contributed by atoms with Gasteiger partial charge < -0.3 is 16.2 Å². The van der Waals surface area contributed by atoms with Crippen LogP contribution in [0.25, 0.3) is 0 Å². The minimum atomic E-state index is -0.633. The number of nitrogens with two attached hydrogens (primary N) is 1. The quantitative estimate of drug-likeness (QED) is 0.743. The number of hydrogen-bond acceptors (Lipinski definition) is 4. The van der Waals surface area contributed by atoms with Crippen molar-refractivity contribution in [3.8, 4) is 6.07 Å². The molecule has 1 aliphatic carbocycles. The molecular formula is C17H25N3O. The average Bonchev–Trinajstić information content (AvgIpc) is 2.44. The number of hydrogen-bond donors (Lipinski definition) is 3. The molecule has 1 aromatic rings. The molecule has 1 aromatic carbocycles. The van der Waals surface area contributed by atoms with E-state index >= 15 is 0 Å². The van der Waals surface area contributed by atoms with Crippen LogP contribution < -0.4 is 11.1 Å². The van der Waals surface area contributed by atoms with E-state index in [-0.39, 0.29) is 0 Å². The van der Waals surface area contributed by atoms with Gasteiger partial charge in [0.2, 0.25) is 0 Å². The van der Waals surface area contributed by atoms with Gasteiger partial charge >= 0.3 is 0 Å². The van der Waals surface area contributed by atoms with E-state index in [1.54, 1.807) is 0 Å². The highest BCUT2D eigenvalue weighted by atomic mass is 16.3. The highest BCUT2D eigenvalue weighted by Gasteiger charge is 2.36. The maximum atomic E-state index is 10.7.